The van der Waals surface area contributed by atoms with Gasteiger partial charge in [-0.1, -0.05) is 6.07 Å². The fourth-order valence-electron chi connectivity index (χ4n) is 4.83. The van der Waals surface area contributed by atoms with Gasteiger partial charge in [0.15, 0.2) is 0 Å². The number of hydrogen-bond donors (Lipinski definition) is 1. The van der Waals surface area contributed by atoms with Crippen LogP contribution in [0.4, 0.5) is 11.9 Å². The molecule has 3 atom stereocenters. The van der Waals surface area contributed by atoms with Crippen molar-refractivity contribution >= 4 is 11.9 Å². The number of fused-ring (bicyclic) bond motifs is 4. The summed E-state index contributed by atoms with van der Waals surface area (Å²) in [6.07, 6.45) is 3.44. The van der Waals surface area contributed by atoms with E-state index in [9.17, 15) is 4.79 Å². The second-order valence-corrected chi connectivity index (χ2v) is 8.29. The van der Waals surface area contributed by atoms with E-state index in [2.05, 4.69) is 31.2 Å². The van der Waals surface area contributed by atoms with E-state index in [-0.39, 0.29) is 11.7 Å². The molecule has 0 aliphatic carbocycles. The summed E-state index contributed by atoms with van der Waals surface area (Å²) in [4.78, 5) is 28.2. The quantitative estimate of drug-likeness (QED) is 0.765. The third-order valence-electron chi connectivity index (χ3n) is 6.15. The lowest BCUT2D eigenvalue weighted by Crippen LogP contribution is -2.47. The van der Waals surface area contributed by atoms with Crippen molar-refractivity contribution in [1.82, 2.24) is 19.5 Å². The zero-order valence-corrected chi connectivity index (χ0v) is 17.3. The predicted molar refractivity (Wildman–Crippen MR) is 112 cm³/mol. The van der Waals surface area contributed by atoms with Crippen LogP contribution < -0.4 is 20.5 Å². The number of anilines is 2. The molecular weight excluding hydrogens is 384 g/mol. The Morgan fingerprint density at radius 2 is 2.17 bits per heavy atom. The molecule has 0 radical (unpaired) electrons. The van der Waals surface area contributed by atoms with Gasteiger partial charge in [0, 0.05) is 50.5 Å². The first-order chi connectivity index (χ1) is 14.7. The van der Waals surface area contributed by atoms with E-state index < -0.39 is 0 Å². The molecule has 3 aliphatic heterocycles. The number of piperidine rings is 1. The molecule has 9 heteroatoms. The van der Waals surface area contributed by atoms with Crippen molar-refractivity contribution in [3.05, 3.63) is 34.2 Å². The minimum absolute atomic E-state index is 0.0926. The van der Waals surface area contributed by atoms with Crippen LogP contribution in [0.2, 0.25) is 0 Å². The van der Waals surface area contributed by atoms with Crippen LogP contribution in [0, 0.1) is 5.92 Å². The molecule has 2 saturated heterocycles. The highest BCUT2D eigenvalue weighted by Crippen LogP contribution is 2.36. The monoisotopic (exact) mass is 412 g/mol. The standard InChI is InChI=1S/C21H28N6O3/c1-2-29-21-24-19(22-10-16-5-4-8-30-16)23-20(25-21)26-11-14-9-15(13-26)17-6-3-7-18(28)27(17)12-14/h3,6-7,14-16H,2,4-5,8-13H2,1H3,(H,22,23,24,25). The summed E-state index contributed by atoms with van der Waals surface area (Å²) in [6, 6.07) is 5.91. The van der Waals surface area contributed by atoms with Crippen LogP contribution in [0.3, 0.4) is 0 Å². The highest BCUT2D eigenvalue weighted by atomic mass is 16.5. The molecule has 0 saturated carbocycles. The molecule has 30 heavy (non-hydrogen) atoms. The molecular formula is C21H28N6O3. The van der Waals surface area contributed by atoms with E-state index in [1.54, 1.807) is 6.07 Å². The summed E-state index contributed by atoms with van der Waals surface area (Å²) in [5.74, 6) is 1.84. The summed E-state index contributed by atoms with van der Waals surface area (Å²) in [7, 11) is 0. The van der Waals surface area contributed by atoms with Gasteiger partial charge in [0.25, 0.3) is 5.56 Å². The number of rotatable bonds is 6. The zero-order chi connectivity index (χ0) is 20.5. The number of hydrogen-bond acceptors (Lipinski definition) is 8. The van der Waals surface area contributed by atoms with Crippen LogP contribution in [-0.2, 0) is 11.3 Å². The summed E-state index contributed by atoms with van der Waals surface area (Å²) in [5.41, 5.74) is 1.20. The number of nitrogens with zero attached hydrogens (tertiary/aromatic N) is 5. The van der Waals surface area contributed by atoms with E-state index in [0.29, 0.717) is 42.9 Å². The van der Waals surface area contributed by atoms with Gasteiger partial charge >= 0.3 is 6.01 Å². The highest BCUT2D eigenvalue weighted by molar-refractivity contribution is 5.40. The molecule has 0 aromatic carbocycles. The van der Waals surface area contributed by atoms with Crippen LogP contribution in [-0.4, -0.2) is 58.5 Å². The van der Waals surface area contributed by atoms with Crippen molar-refractivity contribution in [2.45, 2.75) is 44.8 Å². The summed E-state index contributed by atoms with van der Waals surface area (Å²) in [5, 5.41) is 3.30. The number of aromatic nitrogens is 4. The van der Waals surface area contributed by atoms with Gasteiger partial charge in [0.1, 0.15) is 0 Å². The Balaban J connectivity index is 1.38. The van der Waals surface area contributed by atoms with Crippen molar-refractivity contribution in [3.63, 3.8) is 0 Å². The Morgan fingerprint density at radius 1 is 1.23 bits per heavy atom. The van der Waals surface area contributed by atoms with Gasteiger partial charge in [-0.15, -0.1) is 0 Å². The van der Waals surface area contributed by atoms with Gasteiger partial charge in [-0.2, -0.15) is 15.0 Å². The van der Waals surface area contributed by atoms with Crippen molar-refractivity contribution in [2.24, 2.45) is 5.92 Å². The second kappa shape index (κ2) is 8.22. The maximum absolute atomic E-state index is 12.3. The predicted octanol–water partition coefficient (Wildman–Crippen LogP) is 1.65. The van der Waals surface area contributed by atoms with Gasteiger partial charge in [0.05, 0.1) is 12.7 Å². The van der Waals surface area contributed by atoms with Crippen LogP contribution in [0.1, 0.15) is 37.8 Å². The Labute approximate surface area is 175 Å². The molecule has 9 nitrogen and oxygen atoms in total. The molecule has 2 bridgehead atoms. The lowest BCUT2D eigenvalue weighted by atomic mass is 9.83. The molecule has 5 rings (SSSR count). The van der Waals surface area contributed by atoms with Gasteiger partial charge in [-0.3, -0.25) is 4.79 Å². The van der Waals surface area contributed by atoms with Crippen molar-refractivity contribution in [1.29, 1.82) is 0 Å². The van der Waals surface area contributed by atoms with E-state index in [0.717, 1.165) is 51.2 Å². The zero-order valence-electron chi connectivity index (χ0n) is 17.3. The molecule has 2 fully saturated rings. The van der Waals surface area contributed by atoms with Gasteiger partial charge in [-0.25, -0.2) is 0 Å². The van der Waals surface area contributed by atoms with Crippen LogP contribution in [0.5, 0.6) is 6.01 Å². The van der Waals surface area contributed by atoms with Crippen LogP contribution in [0.15, 0.2) is 23.0 Å². The Bertz CT molecular complexity index is 958. The maximum Gasteiger partial charge on any atom is 0.323 e. The minimum Gasteiger partial charge on any atom is -0.464 e. The fourth-order valence-corrected chi connectivity index (χ4v) is 4.83. The highest BCUT2D eigenvalue weighted by Gasteiger charge is 2.35. The van der Waals surface area contributed by atoms with Gasteiger partial charge in [-0.05, 0) is 38.2 Å². The topological polar surface area (TPSA) is 94.4 Å². The lowest BCUT2D eigenvalue weighted by Gasteiger charge is -2.42. The van der Waals surface area contributed by atoms with Crippen molar-refractivity contribution in [3.8, 4) is 6.01 Å². The first-order valence-corrected chi connectivity index (χ1v) is 10.9. The minimum atomic E-state index is 0.0926. The number of ether oxygens (including phenoxy) is 2. The smallest absolute Gasteiger partial charge is 0.323 e. The molecule has 2 aromatic heterocycles. The largest absolute Gasteiger partial charge is 0.464 e. The SMILES string of the molecule is CCOc1nc(NCC2CCCO2)nc(N2CC3CC(C2)c2cccc(=O)n2C3)n1. The molecule has 3 aliphatic rings. The summed E-state index contributed by atoms with van der Waals surface area (Å²) >= 11 is 0. The summed E-state index contributed by atoms with van der Waals surface area (Å²) in [6.45, 7) is 6.25. The number of nitrogens with one attached hydrogen (secondary N) is 1. The normalized spacial score (nSPS) is 25.1. The average molecular weight is 412 g/mol. The molecule has 0 spiro atoms. The van der Waals surface area contributed by atoms with Crippen molar-refractivity contribution < 1.29 is 9.47 Å². The van der Waals surface area contributed by atoms with E-state index in [1.807, 2.05) is 17.6 Å². The van der Waals surface area contributed by atoms with Crippen molar-refractivity contribution in [2.75, 3.05) is 43.1 Å². The fraction of sp³-hybridized carbons (Fsp3) is 0.619. The lowest BCUT2D eigenvalue weighted by molar-refractivity contribution is 0.120. The Kier molecular flexibility index (Phi) is 5.28. The molecule has 3 unspecified atom stereocenters. The third-order valence-corrected chi connectivity index (χ3v) is 6.15. The number of pyridine rings is 1. The third kappa shape index (κ3) is 3.86. The maximum atomic E-state index is 12.3. The van der Waals surface area contributed by atoms with Gasteiger partial charge < -0.3 is 24.3 Å². The van der Waals surface area contributed by atoms with E-state index in [4.69, 9.17) is 9.47 Å². The molecule has 0 amide bonds. The molecule has 2 aromatic rings. The average Bonchev–Trinajstić information content (AvgIpc) is 3.27. The Hall–Kier alpha value is -2.68. The van der Waals surface area contributed by atoms with Crippen LogP contribution in [0.25, 0.3) is 0 Å². The first kappa shape index (κ1) is 19.3. The van der Waals surface area contributed by atoms with Crippen LogP contribution >= 0.6 is 0 Å². The molecule has 1 N–H and O–H groups in total. The molecule has 5 heterocycles. The Morgan fingerprint density at radius 3 is 3.00 bits per heavy atom. The molecule has 160 valence electrons. The first-order valence-electron chi connectivity index (χ1n) is 10.9. The van der Waals surface area contributed by atoms with E-state index >= 15 is 0 Å². The second-order valence-electron chi connectivity index (χ2n) is 8.29. The summed E-state index contributed by atoms with van der Waals surface area (Å²) < 4.78 is 13.2. The van der Waals surface area contributed by atoms with Gasteiger partial charge in [0.2, 0.25) is 11.9 Å². The van der Waals surface area contributed by atoms with E-state index in [1.165, 1.54) is 0 Å².